The van der Waals surface area contributed by atoms with Crippen molar-refractivity contribution in [1.82, 2.24) is 0 Å². The summed E-state index contributed by atoms with van der Waals surface area (Å²) in [6, 6.07) is 13.1. The van der Waals surface area contributed by atoms with E-state index in [-0.39, 0.29) is 5.75 Å². The van der Waals surface area contributed by atoms with Crippen LogP contribution in [0.5, 0.6) is 17.2 Å². The van der Waals surface area contributed by atoms with E-state index in [1.165, 1.54) is 51.4 Å². The molecule has 0 fully saturated rings. The summed E-state index contributed by atoms with van der Waals surface area (Å²) in [5.41, 5.74) is 1.49. The molecule has 0 amide bonds. The number of unbranched alkanes of at least 4 members (excludes halogenated alkanes) is 8. The number of nitrogens with zero attached hydrogens (tertiary/aromatic N) is 1. The Bertz CT molecular complexity index is 756. The molecule has 4 nitrogen and oxygen atoms in total. The van der Waals surface area contributed by atoms with Crippen molar-refractivity contribution in [2.75, 3.05) is 13.2 Å². The van der Waals surface area contributed by atoms with Crippen molar-refractivity contribution in [2.45, 2.75) is 78.1 Å². The van der Waals surface area contributed by atoms with Crippen LogP contribution in [0.4, 0.5) is 5.69 Å². The first-order valence-corrected chi connectivity index (χ1v) is 12.0. The van der Waals surface area contributed by atoms with E-state index >= 15 is 0 Å². The van der Waals surface area contributed by atoms with Crippen molar-refractivity contribution in [3.63, 3.8) is 0 Å². The zero-order valence-corrected chi connectivity index (χ0v) is 19.3. The van der Waals surface area contributed by atoms with Gasteiger partial charge in [-0.15, -0.1) is 0 Å². The standard InChI is InChI=1S/C27H39NO3/c1-3-5-7-9-10-12-20-31-26-16-13-23(27(29)21-26)22-28-24-14-17-25(18-15-24)30-19-11-8-6-4-2/h13-18,21-22,29H,3-12,19-20H2,1-2H3. The number of hydrogen-bond acceptors (Lipinski definition) is 4. The molecule has 2 aromatic carbocycles. The Balaban J connectivity index is 1.75. The van der Waals surface area contributed by atoms with Gasteiger partial charge in [-0.3, -0.25) is 4.99 Å². The average molecular weight is 426 g/mol. The van der Waals surface area contributed by atoms with E-state index < -0.39 is 0 Å². The fraction of sp³-hybridized carbons (Fsp3) is 0.519. The van der Waals surface area contributed by atoms with E-state index in [2.05, 4.69) is 18.8 Å². The third kappa shape index (κ3) is 10.4. The van der Waals surface area contributed by atoms with Crippen molar-refractivity contribution < 1.29 is 14.6 Å². The van der Waals surface area contributed by atoms with Gasteiger partial charge in [-0.2, -0.15) is 0 Å². The maximum atomic E-state index is 10.3. The zero-order valence-electron chi connectivity index (χ0n) is 19.3. The SMILES string of the molecule is CCCCCCCCOc1ccc(C=Nc2ccc(OCCCCCC)cc2)c(O)c1. The molecule has 0 aromatic heterocycles. The van der Waals surface area contributed by atoms with Crippen LogP contribution in [0.15, 0.2) is 47.5 Å². The summed E-state index contributed by atoms with van der Waals surface area (Å²) in [6.07, 6.45) is 13.9. The zero-order chi connectivity index (χ0) is 22.2. The van der Waals surface area contributed by atoms with Gasteiger partial charge in [0.15, 0.2) is 0 Å². The second-order valence-electron chi connectivity index (χ2n) is 8.00. The van der Waals surface area contributed by atoms with E-state index in [1.807, 2.05) is 36.4 Å². The lowest BCUT2D eigenvalue weighted by molar-refractivity contribution is 0.302. The summed E-state index contributed by atoms with van der Waals surface area (Å²) in [4.78, 5) is 4.46. The molecule has 0 aliphatic rings. The minimum Gasteiger partial charge on any atom is -0.507 e. The van der Waals surface area contributed by atoms with Crippen LogP contribution in [0.3, 0.4) is 0 Å². The molecule has 0 unspecified atom stereocenters. The molecule has 170 valence electrons. The molecule has 0 spiro atoms. The Morgan fingerprint density at radius 3 is 1.90 bits per heavy atom. The Morgan fingerprint density at radius 1 is 0.710 bits per heavy atom. The molecule has 2 aromatic rings. The highest BCUT2D eigenvalue weighted by Gasteiger charge is 2.02. The molecule has 0 radical (unpaired) electrons. The molecular formula is C27H39NO3. The fourth-order valence-electron chi connectivity index (χ4n) is 3.29. The van der Waals surface area contributed by atoms with E-state index in [1.54, 1.807) is 12.3 Å². The quantitative estimate of drug-likeness (QED) is 0.220. The van der Waals surface area contributed by atoms with E-state index in [0.717, 1.165) is 30.9 Å². The van der Waals surface area contributed by atoms with Gasteiger partial charge >= 0.3 is 0 Å². The van der Waals surface area contributed by atoms with Gasteiger partial charge in [0.25, 0.3) is 0 Å². The maximum absolute atomic E-state index is 10.3. The summed E-state index contributed by atoms with van der Waals surface area (Å²) in [5.74, 6) is 1.74. The summed E-state index contributed by atoms with van der Waals surface area (Å²) in [7, 11) is 0. The van der Waals surface area contributed by atoms with Crippen LogP contribution in [0.25, 0.3) is 0 Å². The Hall–Kier alpha value is -2.49. The topological polar surface area (TPSA) is 51.0 Å². The van der Waals surface area contributed by atoms with Crippen molar-refractivity contribution in [1.29, 1.82) is 0 Å². The minimum absolute atomic E-state index is 0.177. The third-order valence-electron chi connectivity index (χ3n) is 5.22. The van der Waals surface area contributed by atoms with Gasteiger partial charge in [-0.1, -0.05) is 65.2 Å². The van der Waals surface area contributed by atoms with Gasteiger partial charge in [0.05, 0.1) is 18.9 Å². The van der Waals surface area contributed by atoms with Gasteiger partial charge < -0.3 is 14.6 Å². The first-order valence-electron chi connectivity index (χ1n) is 12.0. The molecule has 4 heteroatoms. The molecule has 0 aliphatic heterocycles. The molecule has 0 saturated heterocycles. The predicted octanol–water partition coefficient (Wildman–Crippen LogP) is 7.84. The Morgan fingerprint density at radius 2 is 1.26 bits per heavy atom. The number of phenolic OH excluding ortho intramolecular Hbond substituents is 1. The molecule has 1 N–H and O–H groups in total. The van der Waals surface area contributed by atoms with Gasteiger partial charge in [-0.25, -0.2) is 0 Å². The van der Waals surface area contributed by atoms with Gasteiger partial charge in [0, 0.05) is 17.8 Å². The van der Waals surface area contributed by atoms with Crippen molar-refractivity contribution in [3.8, 4) is 17.2 Å². The summed E-state index contributed by atoms with van der Waals surface area (Å²) in [6.45, 7) is 5.88. The van der Waals surface area contributed by atoms with Crippen LogP contribution in [-0.2, 0) is 0 Å². The number of hydrogen-bond donors (Lipinski definition) is 1. The van der Waals surface area contributed by atoms with Gasteiger partial charge in [0.2, 0.25) is 0 Å². The normalized spacial score (nSPS) is 11.2. The summed E-state index contributed by atoms with van der Waals surface area (Å²) in [5, 5.41) is 10.3. The first-order chi connectivity index (χ1) is 15.2. The number of benzene rings is 2. The second kappa shape index (κ2) is 15.3. The number of rotatable bonds is 16. The Labute approximate surface area is 188 Å². The van der Waals surface area contributed by atoms with E-state index in [0.29, 0.717) is 17.9 Å². The maximum Gasteiger partial charge on any atom is 0.128 e. The van der Waals surface area contributed by atoms with Crippen LogP contribution in [0.1, 0.15) is 83.6 Å². The highest BCUT2D eigenvalue weighted by atomic mass is 16.5. The van der Waals surface area contributed by atoms with Crippen molar-refractivity contribution >= 4 is 11.9 Å². The van der Waals surface area contributed by atoms with Crippen LogP contribution >= 0.6 is 0 Å². The van der Waals surface area contributed by atoms with Crippen molar-refractivity contribution in [3.05, 3.63) is 48.0 Å². The average Bonchev–Trinajstić information content (AvgIpc) is 2.78. The molecule has 0 atom stereocenters. The van der Waals surface area contributed by atoms with E-state index in [9.17, 15) is 5.11 Å². The predicted molar refractivity (Wildman–Crippen MR) is 130 cm³/mol. The van der Waals surface area contributed by atoms with Crippen molar-refractivity contribution in [2.24, 2.45) is 4.99 Å². The molecular weight excluding hydrogens is 386 g/mol. The van der Waals surface area contributed by atoms with Crippen LogP contribution < -0.4 is 9.47 Å². The van der Waals surface area contributed by atoms with Gasteiger partial charge in [0.1, 0.15) is 17.2 Å². The van der Waals surface area contributed by atoms with Crippen LogP contribution in [0.2, 0.25) is 0 Å². The minimum atomic E-state index is 0.177. The summed E-state index contributed by atoms with van der Waals surface area (Å²) >= 11 is 0. The van der Waals surface area contributed by atoms with Gasteiger partial charge in [-0.05, 0) is 49.2 Å². The largest absolute Gasteiger partial charge is 0.507 e. The molecule has 0 saturated carbocycles. The molecule has 0 aliphatic carbocycles. The molecule has 2 rings (SSSR count). The lowest BCUT2D eigenvalue weighted by atomic mass is 10.1. The second-order valence-corrected chi connectivity index (χ2v) is 8.00. The fourth-order valence-corrected chi connectivity index (χ4v) is 3.29. The first kappa shape index (κ1) is 24.8. The molecule has 31 heavy (non-hydrogen) atoms. The molecule has 0 bridgehead atoms. The number of aliphatic imine (C=N–C) groups is 1. The highest BCUT2D eigenvalue weighted by Crippen LogP contribution is 2.24. The smallest absolute Gasteiger partial charge is 0.128 e. The lowest BCUT2D eigenvalue weighted by Gasteiger charge is -2.08. The molecule has 0 heterocycles. The highest BCUT2D eigenvalue weighted by molar-refractivity contribution is 5.85. The lowest BCUT2D eigenvalue weighted by Crippen LogP contribution is -1.97. The van der Waals surface area contributed by atoms with Crippen LogP contribution in [0, 0.1) is 0 Å². The number of aromatic hydroxyl groups is 1. The monoisotopic (exact) mass is 425 g/mol. The third-order valence-corrected chi connectivity index (χ3v) is 5.22. The number of phenols is 1. The Kier molecular flexibility index (Phi) is 12.3. The van der Waals surface area contributed by atoms with E-state index in [4.69, 9.17) is 9.47 Å². The number of ether oxygens (including phenoxy) is 2. The summed E-state index contributed by atoms with van der Waals surface area (Å²) < 4.78 is 11.5. The van der Waals surface area contributed by atoms with Crippen LogP contribution in [-0.4, -0.2) is 24.5 Å².